The Hall–Kier alpha value is -1.55. The second kappa shape index (κ2) is 5.51. The molecule has 0 unspecified atom stereocenters. The van der Waals surface area contributed by atoms with Crippen LogP contribution in [0.1, 0.15) is 17.3 Å². The van der Waals surface area contributed by atoms with Gasteiger partial charge in [-0.3, -0.25) is 4.79 Å². The number of ether oxygens (including phenoxy) is 2. The predicted molar refractivity (Wildman–Crippen MR) is 59.0 cm³/mol. The number of carbonyl (C=O) groups excluding carboxylic acids is 2. The van der Waals surface area contributed by atoms with Crippen LogP contribution in [0.15, 0.2) is 18.2 Å². The van der Waals surface area contributed by atoms with Crippen molar-refractivity contribution in [1.82, 2.24) is 0 Å². The summed E-state index contributed by atoms with van der Waals surface area (Å²) in [6, 6.07) is 4.50. The Kier molecular flexibility index (Phi) is 4.31. The summed E-state index contributed by atoms with van der Waals surface area (Å²) in [6.07, 6.45) is 0. The molecule has 0 N–H and O–H groups in total. The van der Waals surface area contributed by atoms with Gasteiger partial charge in [0.15, 0.2) is 0 Å². The third-order valence-electron chi connectivity index (χ3n) is 1.88. The Morgan fingerprint density at radius 3 is 2.62 bits per heavy atom. The van der Waals surface area contributed by atoms with Gasteiger partial charge in [0.1, 0.15) is 5.75 Å². The Morgan fingerprint density at radius 1 is 1.38 bits per heavy atom. The minimum Gasteiger partial charge on any atom is -0.497 e. The molecular formula is C11H11ClO4. The number of ketones is 1. The fourth-order valence-corrected chi connectivity index (χ4v) is 1.32. The molecule has 1 aromatic carbocycles. The van der Waals surface area contributed by atoms with E-state index in [-0.39, 0.29) is 17.2 Å². The van der Waals surface area contributed by atoms with Crippen LogP contribution in [-0.4, -0.2) is 25.5 Å². The van der Waals surface area contributed by atoms with Crippen molar-refractivity contribution in [3.63, 3.8) is 0 Å². The third-order valence-corrected chi connectivity index (χ3v) is 2.21. The topological polar surface area (TPSA) is 52.6 Å². The van der Waals surface area contributed by atoms with Crippen molar-refractivity contribution in [3.05, 3.63) is 28.8 Å². The van der Waals surface area contributed by atoms with E-state index in [0.29, 0.717) is 5.75 Å². The van der Waals surface area contributed by atoms with E-state index in [2.05, 4.69) is 4.74 Å². The van der Waals surface area contributed by atoms with Crippen LogP contribution in [0.2, 0.25) is 5.02 Å². The molecule has 5 heteroatoms. The molecule has 0 saturated heterocycles. The standard InChI is InChI=1S/C11H11ClO4/c1-3-16-11(14)10(13)8-6-7(15-2)4-5-9(8)12/h4-6H,3H2,1-2H3. The van der Waals surface area contributed by atoms with Crippen molar-refractivity contribution < 1.29 is 19.1 Å². The molecule has 0 atom stereocenters. The number of hydrogen-bond acceptors (Lipinski definition) is 4. The van der Waals surface area contributed by atoms with Crippen molar-refractivity contribution in [1.29, 1.82) is 0 Å². The summed E-state index contributed by atoms with van der Waals surface area (Å²) in [5.74, 6) is -1.24. The van der Waals surface area contributed by atoms with E-state index in [1.54, 1.807) is 13.0 Å². The molecule has 0 radical (unpaired) electrons. The van der Waals surface area contributed by atoms with Crippen LogP contribution in [0.25, 0.3) is 0 Å². The largest absolute Gasteiger partial charge is 0.497 e. The number of hydrogen-bond donors (Lipinski definition) is 0. The van der Waals surface area contributed by atoms with E-state index < -0.39 is 11.8 Å². The zero-order valence-corrected chi connectivity index (χ0v) is 9.71. The van der Waals surface area contributed by atoms with Gasteiger partial charge in [0.2, 0.25) is 0 Å². The molecule has 0 fully saturated rings. The SMILES string of the molecule is CCOC(=O)C(=O)c1cc(OC)ccc1Cl. The zero-order chi connectivity index (χ0) is 12.1. The van der Waals surface area contributed by atoms with E-state index in [1.165, 1.54) is 19.2 Å². The van der Waals surface area contributed by atoms with Crippen molar-refractivity contribution in [2.45, 2.75) is 6.92 Å². The molecule has 0 spiro atoms. The maximum absolute atomic E-state index is 11.6. The van der Waals surface area contributed by atoms with E-state index in [9.17, 15) is 9.59 Å². The van der Waals surface area contributed by atoms with Gasteiger partial charge in [0.05, 0.1) is 24.3 Å². The Bertz CT molecular complexity index is 414. The molecule has 0 aliphatic rings. The van der Waals surface area contributed by atoms with Gasteiger partial charge >= 0.3 is 5.97 Å². The van der Waals surface area contributed by atoms with Crippen LogP contribution in [0.4, 0.5) is 0 Å². The summed E-state index contributed by atoms with van der Waals surface area (Å²) in [5, 5.41) is 0.193. The summed E-state index contributed by atoms with van der Waals surface area (Å²) in [6.45, 7) is 1.77. The summed E-state index contributed by atoms with van der Waals surface area (Å²) < 4.78 is 9.54. The maximum atomic E-state index is 11.6. The summed E-state index contributed by atoms with van der Waals surface area (Å²) in [5.41, 5.74) is 0.0828. The van der Waals surface area contributed by atoms with Gasteiger partial charge in [0.25, 0.3) is 5.78 Å². The summed E-state index contributed by atoms with van der Waals surface area (Å²) in [7, 11) is 1.46. The molecule has 16 heavy (non-hydrogen) atoms. The van der Waals surface area contributed by atoms with Crippen LogP contribution in [0, 0.1) is 0 Å². The Balaban J connectivity index is 3.02. The molecular weight excluding hydrogens is 232 g/mol. The molecule has 1 aromatic rings. The number of benzene rings is 1. The van der Waals surface area contributed by atoms with Crippen molar-refractivity contribution in [2.24, 2.45) is 0 Å². The number of carbonyl (C=O) groups is 2. The number of rotatable bonds is 4. The highest BCUT2D eigenvalue weighted by atomic mass is 35.5. The molecule has 0 amide bonds. The molecule has 4 nitrogen and oxygen atoms in total. The highest BCUT2D eigenvalue weighted by molar-refractivity contribution is 6.45. The molecule has 0 bridgehead atoms. The van der Waals surface area contributed by atoms with Crippen LogP contribution in [0.5, 0.6) is 5.75 Å². The van der Waals surface area contributed by atoms with Gasteiger partial charge < -0.3 is 9.47 Å². The van der Waals surface area contributed by atoms with Crippen LogP contribution < -0.4 is 4.74 Å². The number of Topliss-reactive ketones (excluding diaryl/α,β-unsaturated/α-hetero) is 1. The number of methoxy groups -OCH3 is 1. The average Bonchev–Trinajstić information content (AvgIpc) is 2.29. The highest BCUT2D eigenvalue weighted by Crippen LogP contribution is 2.22. The molecule has 0 aliphatic heterocycles. The second-order valence-corrected chi connectivity index (χ2v) is 3.30. The minimum atomic E-state index is -0.919. The molecule has 1 rings (SSSR count). The van der Waals surface area contributed by atoms with Crippen LogP contribution >= 0.6 is 11.6 Å². The normalized spacial score (nSPS) is 9.69. The van der Waals surface area contributed by atoms with Crippen molar-refractivity contribution in [2.75, 3.05) is 13.7 Å². The molecule has 0 aromatic heterocycles. The monoisotopic (exact) mass is 242 g/mol. The first-order valence-corrected chi connectivity index (χ1v) is 5.03. The fraction of sp³-hybridized carbons (Fsp3) is 0.273. The van der Waals surface area contributed by atoms with E-state index in [0.717, 1.165) is 0 Å². The van der Waals surface area contributed by atoms with E-state index >= 15 is 0 Å². The van der Waals surface area contributed by atoms with Gasteiger partial charge in [0, 0.05) is 0 Å². The van der Waals surface area contributed by atoms with Gasteiger partial charge in [-0.25, -0.2) is 4.79 Å². The average molecular weight is 243 g/mol. The third kappa shape index (κ3) is 2.73. The van der Waals surface area contributed by atoms with E-state index in [4.69, 9.17) is 16.3 Å². The van der Waals surface area contributed by atoms with Gasteiger partial charge in [-0.15, -0.1) is 0 Å². The number of esters is 1. The first-order chi connectivity index (χ1) is 7.60. The van der Waals surface area contributed by atoms with Gasteiger partial charge in [-0.2, -0.15) is 0 Å². The lowest BCUT2D eigenvalue weighted by Gasteiger charge is -2.05. The van der Waals surface area contributed by atoms with Crippen LogP contribution in [-0.2, 0) is 9.53 Å². The van der Waals surface area contributed by atoms with Crippen molar-refractivity contribution in [3.8, 4) is 5.75 Å². The Morgan fingerprint density at radius 2 is 2.06 bits per heavy atom. The van der Waals surface area contributed by atoms with Crippen LogP contribution in [0.3, 0.4) is 0 Å². The lowest BCUT2D eigenvalue weighted by molar-refractivity contribution is -0.137. The molecule has 0 aliphatic carbocycles. The first kappa shape index (κ1) is 12.5. The minimum absolute atomic E-state index is 0.0828. The Labute approximate surface area is 98.1 Å². The van der Waals surface area contributed by atoms with Gasteiger partial charge in [-0.1, -0.05) is 11.6 Å². The van der Waals surface area contributed by atoms with Crippen molar-refractivity contribution >= 4 is 23.4 Å². The second-order valence-electron chi connectivity index (χ2n) is 2.90. The molecule has 0 saturated carbocycles. The number of halogens is 1. The summed E-state index contributed by atoms with van der Waals surface area (Å²) >= 11 is 5.81. The smallest absolute Gasteiger partial charge is 0.379 e. The van der Waals surface area contributed by atoms with E-state index in [1.807, 2.05) is 0 Å². The first-order valence-electron chi connectivity index (χ1n) is 4.65. The highest BCUT2D eigenvalue weighted by Gasteiger charge is 2.20. The molecule has 0 heterocycles. The fourth-order valence-electron chi connectivity index (χ4n) is 1.11. The summed E-state index contributed by atoms with van der Waals surface area (Å²) in [4.78, 5) is 22.8. The lowest BCUT2D eigenvalue weighted by Crippen LogP contribution is -2.17. The van der Waals surface area contributed by atoms with Gasteiger partial charge in [-0.05, 0) is 25.1 Å². The lowest BCUT2D eigenvalue weighted by atomic mass is 10.1. The predicted octanol–water partition coefficient (Wildman–Crippen LogP) is 2.09. The zero-order valence-electron chi connectivity index (χ0n) is 8.95. The molecule has 86 valence electrons. The maximum Gasteiger partial charge on any atom is 0.379 e. The quantitative estimate of drug-likeness (QED) is 0.461.